The molecule has 1 aromatic rings. The van der Waals surface area contributed by atoms with E-state index >= 15 is 0 Å². The van der Waals surface area contributed by atoms with Crippen molar-refractivity contribution in [1.29, 1.82) is 0 Å². The summed E-state index contributed by atoms with van der Waals surface area (Å²) < 4.78 is 2.27. The fourth-order valence-corrected chi connectivity index (χ4v) is 2.12. The molecule has 0 saturated heterocycles. The molecule has 0 spiro atoms. The van der Waals surface area contributed by atoms with Crippen molar-refractivity contribution in [3.63, 3.8) is 0 Å². The molecule has 16 heavy (non-hydrogen) atoms. The molecule has 2 N–H and O–H groups in total. The number of nitrogen functional groups attached to an aromatic ring is 1. The van der Waals surface area contributed by atoms with Gasteiger partial charge in [-0.25, -0.2) is 4.98 Å². The molecule has 0 radical (unpaired) electrons. The van der Waals surface area contributed by atoms with Crippen LogP contribution in [0.4, 0.5) is 5.82 Å². The van der Waals surface area contributed by atoms with Gasteiger partial charge in [-0.05, 0) is 18.8 Å². The lowest BCUT2D eigenvalue weighted by atomic mass is 9.95. The summed E-state index contributed by atoms with van der Waals surface area (Å²) in [6, 6.07) is 0.606. The summed E-state index contributed by atoms with van der Waals surface area (Å²) in [6.07, 6.45) is 2.50. The fraction of sp³-hybridized carbons (Fsp3) is 0.769. The summed E-state index contributed by atoms with van der Waals surface area (Å²) in [7, 11) is 0. The number of nitrogens with two attached hydrogens (primary N) is 1. The highest BCUT2D eigenvalue weighted by Crippen LogP contribution is 2.42. The average molecular weight is 221 g/mol. The van der Waals surface area contributed by atoms with Gasteiger partial charge >= 0.3 is 0 Å². The Balaban J connectivity index is 2.54. The Hall–Kier alpha value is -0.990. The molecule has 1 aromatic heterocycles. The fourth-order valence-electron chi connectivity index (χ4n) is 2.12. The standard InChI is InChI=1S/C13H23N3/c1-8(2)10-11(14)16(9-6-7-9)12(15-10)13(3,4)5/h8-9H,6-7,14H2,1-5H3. The molecule has 0 amide bonds. The van der Waals surface area contributed by atoms with Crippen molar-refractivity contribution in [3.05, 3.63) is 11.5 Å². The number of imidazole rings is 1. The van der Waals surface area contributed by atoms with Crippen molar-refractivity contribution in [2.75, 3.05) is 5.73 Å². The highest BCUT2D eigenvalue weighted by Gasteiger charge is 2.34. The van der Waals surface area contributed by atoms with Gasteiger partial charge in [-0.15, -0.1) is 0 Å². The van der Waals surface area contributed by atoms with Crippen LogP contribution in [0.25, 0.3) is 0 Å². The van der Waals surface area contributed by atoms with E-state index in [2.05, 4.69) is 39.2 Å². The van der Waals surface area contributed by atoms with Crippen molar-refractivity contribution in [2.24, 2.45) is 0 Å². The van der Waals surface area contributed by atoms with Crippen molar-refractivity contribution < 1.29 is 0 Å². The van der Waals surface area contributed by atoms with E-state index in [-0.39, 0.29) is 5.41 Å². The Bertz CT molecular complexity index is 392. The first kappa shape index (κ1) is 11.5. The summed E-state index contributed by atoms with van der Waals surface area (Å²) in [5.74, 6) is 2.44. The maximum atomic E-state index is 6.24. The SMILES string of the molecule is CC(C)c1nc(C(C)(C)C)n(C2CC2)c1N. The van der Waals surface area contributed by atoms with Crippen LogP contribution in [-0.4, -0.2) is 9.55 Å². The van der Waals surface area contributed by atoms with Crippen LogP contribution in [0.5, 0.6) is 0 Å². The lowest BCUT2D eigenvalue weighted by Gasteiger charge is -2.20. The van der Waals surface area contributed by atoms with E-state index in [1.807, 2.05) is 0 Å². The minimum atomic E-state index is 0.0733. The molecule has 1 fully saturated rings. The predicted octanol–water partition coefficient (Wildman–Crippen LogP) is 3.22. The monoisotopic (exact) mass is 221 g/mol. The van der Waals surface area contributed by atoms with E-state index in [9.17, 15) is 0 Å². The van der Waals surface area contributed by atoms with Crippen LogP contribution in [0, 0.1) is 0 Å². The third-order valence-corrected chi connectivity index (χ3v) is 3.11. The molecule has 90 valence electrons. The minimum Gasteiger partial charge on any atom is -0.384 e. The zero-order valence-corrected chi connectivity index (χ0v) is 11.0. The Morgan fingerprint density at radius 3 is 2.25 bits per heavy atom. The van der Waals surface area contributed by atoms with Gasteiger partial charge in [-0.2, -0.15) is 0 Å². The molecule has 1 aliphatic rings. The summed E-state index contributed by atoms with van der Waals surface area (Å²) >= 11 is 0. The zero-order valence-electron chi connectivity index (χ0n) is 11.0. The van der Waals surface area contributed by atoms with E-state index in [1.165, 1.54) is 12.8 Å². The first-order valence-corrected chi connectivity index (χ1v) is 6.20. The molecule has 0 unspecified atom stereocenters. The smallest absolute Gasteiger partial charge is 0.127 e. The number of hydrogen-bond acceptors (Lipinski definition) is 2. The zero-order chi connectivity index (χ0) is 12.1. The maximum Gasteiger partial charge on any atom is 0.127 e. The summed E-state index contributed by atoms with van der Waals surface area (Å²) in [5.41, 5.74) is 7.38. The second-order valence-corrected chi connectivity index (χ2v) is 6.21. The molecule has 1 heterocycles. The van der Waals surface area contributed by atoms with Gasteiger partial charge in [0.1, 0.15) is 11.6 Å². The summed E-state index contributed by atoms with van der Waals surface area (Å²) in [5, 5.41) is 0. The molecule has 3 nitrogen and oxygen atoms in total. The van der Waals surface area contributed by atoms with Crippen LogP contribution < -0.4 is 5.73 Å². The van der Waals surface area contributed by atoms with Crippen LogP contribution in [0.3, 0.4) is 0 Å². The van der Waals surface area contributed by atoms with Crippen molar-refractivity contribution >= 4 is 5.82 Å². The molecular formula is C13H23N3. The van der Waals surface area contributed by atoms with E-state index in [1.54, 1.807) is 0 Å². The van der Waals surface area contributed by atoms with Crippen LogP contribution in [0.2, 0.25) is 0 Å². The molecule has 1 saturated carbocycles. The number of nitrogens with zero attached hydrogens (tertiary/aromatic N) is 2. The van der Waals surface area contributed by atoms with Gasteiger partial charge in [-0.1, -0.05) is 34.6 Å². The molecule has 3 heteroatoms. The molecule has 0 aromatic carbocycles. The normalized spacial score (nSPS) is 17.1. The van der Waals surface area contributed by atoms with Gasteiger partial charge in [-0.3, -0.25) is 0 Å². The third-order valence-electron chi connectivity index (χ3n) is 3.11. The topological polar surface area (TPSA) is 43.8 Å². The van der Waals surface area contributed by atoms with Gasteiger partial charge < -0.3 is 10.3 Å². The van der Waals surface area contributed by atoms with E-state index in [0.29, 0.717) is 12.0 Å². The highest BCUT2D eigenvalue weighted by atomic mass is 15.2. The Morgan fingerprint density at radius 2 is 1.88 bits per heavy atom. The summed E-state index contributed by atoms with van der Waals surface area (Å²) in [4.78, 5) is 4.78. The Morgan fingerprint density at radius 1 is 1.31 bits per heavy atom. The lowest BCUT2D eigenvalue weighted by Crippen LogP contribution is -2.19. The highest BCUT2D eigenvalue weighted by molar-refractivity contribution is 5.42. The molecule has 1 aliphatic carbocycles. The number of anilines is 1. The second-order valence-electron chi connectivity index (χ2n) is 6.21. The van der Waals surface area contributed by atoms with Crippen molar-refractivity contribution in [3.8, 4) is 0 Å². The first-order chi connectivity index (χ1) is 7.32. The van der Waals surface area contributed by atoms with E-state index in [0.717, 1.165) is 17.3 Å². The van der Waals surface area contributed by atoms with Gasteiger partial charge in [0.25, 0.3) is 0 Å². The largest absolute Gasteiger partial charge is 0.384 e. The first-order valence-electron chi connectivity index (χ1n) is 6.20. The van der Waals surface area contributed by atoms with Crippen LogP contribution in [0.1, 0.15) is 70.9 Å². The molecule has 0 atom stereocenters. The quantitative estimate of drug-likeness (QED) is 0.833. The maximum absolute atomic E-state index is 6.24. The third kappa shape index (κ3) is 1.83. The van der Waals surface area contributed by atoms with E-state index < -0.39 is 0 Å². The van der Waals surface area contributed by atoms with Crippen molar-refractivity contribution in [1.82, 2.24) is 9.55 Å². The Kier molecular flexibility index (Phi) is 2.52. The number of rotatable bonds is 2. The average Bonchev–Trinajstić information content (AvgIpc) is 2.87. The summed E-state index contributed by atoms with van der Waals surface area (Å²) in [6.45, 7) is 10.9. The van der Waals surface area contributed by atoms with Gasteiger partial charge in [0.05, 0.1) is 5.69 Å². The predicted molar refractivity (Wildman–Crippen MR) is 67.7 cm³/mol. The van der Waals surface area contributed by atoms with Gasteiger partial charge in [0.2, 0.25) is 0 Å². The minimum absolute atomic E-state index is 0.0733. The van der Waals surface area contributed by atoms with E-state index in [4.69, 9.17) is 10.7 Å². The molecule has 2 rings (SSSR count). The van der Waals surface area contributed by atoms with Gasteiger partial charge in [0, 0.05) is 11.5 Å². The lowest BCUT2D eigenvalue weighted by molar-refractivity contribution is 0.503. The van der Waals surface area contributed by atoms with Crippen LogP contribution >= 0.6 is 0 Å². The van der Waals surface area contributed by atoms with Crippen LogP contribution in [0.15, 0.2) is 0 Å². The molecular weight excluding hydrogens is 198 g/mol. The number of hydrogen-bond donors (Lipinski definition) is 1. The van der Waals surface area contributed by atoms with Crippen molar-refractivity contribution in [2.45, 2.75) is 64.8 Å². The second kappa shape index (κ2) is 3.51. The number of aromatic nitrogens is 2. The Labute approximate surface area is 98.1 Å². The van der Waals surface area contributed by atoms with Crippen LogP contribution in [-0.2, 0) is 5.41 Å². The van der Waals surface area contributed by atoms with Gasteiger partial charge in [0.15, 0.2) is 0 Å². The molecule has 0 aliphatic heterocycles. The molecule has 0 bridgehead atoms.